The minimum Gasteiger partial charge on any atom is -0.203 e. The van der Waals surface area contributed by atoms with Crippen LogP contribution < -0.4 is 0 Å². The predicted octanol–water partition coefficient (Wildman–Crippen LogP) is 3.96. The Hall–Kier alpha value is -0.530. The first-order valence-electron chi connectivity index (χ1n) is 5.19. The molecule has 11 heteroatoms. The molecule has 20 heavy (non-hydrogen) atoms. The van der Waals surface area contributed by atoms with E-state index in [-0.39, 0.29) is 26.4 Å². The molecule has 0 aromatic carbocycles. The van der Waals surface area contributed by atoms with Crippen LogP contribution in [0.2, 0.25) is 26.4 Å². The Bertz CT molecular complexity index is 510. The van der Waals surface area contributed by atoms with E-state index < -0.39 is 0 Å². The van der Waals surface area contributed by atoms with Crippen molar-refractivity contribution >= 4 is 58.0 Å². The Morgan fingerprint density at radius 2 is 0.900 bits per heavy atom. The minimum absolute atomic E-state index is 0.000000000000000444. The molecule has 0 N–H and O–H groups in total. The molecule has 0 aliphatic rings. The van der Waals surface area contributed by atoms with Crippen LogP contribution in [0.3, 0.4) is 0 Å². The molecule has 0 unspecified atom stereocenters. The summed E-state index contributed by atoms with van der Waals surface area (Å²) in [5.74, 6) is 0.650. The summed E-state index contributed by atoms with van der Waals surface area (Å²) < 4.78 is 0. The first-order chi connectivity index (χ1) is 9.40. The van der Waals surface area contributed by atoms with Gasteiger partial charge in [-0.1, -0.05) is 6.92 Å². The molecule has 2 heterocycles. The zero-order chi connectivity index (χ0) is 15.1. The second-order valence-corrected chi connectivity index (χ2v) is 4.87. The fraction of sp³-hybridized carbons (Fsp3) is 0.333. The van der Waals surface area contributed by atoms with Gasteiger partial charge in [0, 0.05) is 6.42 Å². The predicted molar refractivity (Wildman–Crippen MR) is 78.7 cm³/mol. The highest BCUT2D eigenvalue weighted by atomic mass is 35.5. The zero-order valence-corrected chi connectivity index (χ0v) is 13.8. The largest absolute Gasteiger partial charge is 0.227 e. The summed E-state index contributed by atoms with van der Waals surface area (Å²) in [7, 11) is 0. The average Bonchev–Trinajstić information content (AvgIpc) is 2.26. The third-order valence-electron chi connectivity index (χ3n) is 1.65. The number of aryl methyl sites for hydroxylation is 1. The molecule has 108 valence electrons. The van der Waals surface area contributed by atoms with Crippen molar-refractivity contribution in [3.8, 4) is 0 Å². The molecule has 6 nitrogen and oxygen atoms in total. The van der Waals surface area contributed by atoms with Gasteiger partial charge >= 0.3 is 0 Å². The Kier molecular flexibility index (Phi) is 7.61. The maximum Gasteiger partial charge on any atom is 0.227 e. The first kappa shape index (κ1) is 17.5. The summed E-state index contributed by atoms with van der Waals surface area (Å²) in [6.07, 6.45) is 1.75. The van der Waals surface area contributed by atoms with Gasteiger partial charge in [0.2, 0.25) is 26.4 Å². The van der Waals surface area contributed by atoms with Crippen molar-refractivity contribution in [3.63, 3.8) is 0 Å². The molecule has 0 bridgehead atoms. The van der Waals surface area contributed by atoms with Gasteiger partial charge in [0.05, 0.1) is 0 Å². The Morgan fingerprint density at radius 1 is 0.600 bits per heavy atom. The van der Waals surface area contributed by atoms with E-state index in [1.54, 1.807) is 0 Å². The van der Waals surface area contributed by atoms with E-state index >= 15 is 0 Å². The van der Waals surface area contributed by atoms with E-state index in [9.17, 15) is 0 Å². The van der Waals surface area contributed by atoms with Crippen molar-refractivity contribution in [1.29, 1.82) is 0 Å². The van der Waals surface area contributed by atoms with E-state index in [1.165, 1.54) is 0 Å². The summed E-state index contributed by atoms with van der Waals surface area (Å²) in [6.45, 7) is 2.03. The summed E-state index contributed by atoms with van der Waals surface area (Å²) in [4.78, 5) is 21.8. The van der Waals surface area contributed by atoms with E-state index in [0.717, 1.165) is 12.8 Å². The number of hydrogen-bond donors (Lipinski definition) is 0. The fourth-order valence-corrected chi connectivity index (χ4v) is 2.01. The second-order valence-electron chi connectivity index (χ2n) is 3.18. The van der Waals surface area contributed by atoms with Gasteiger partial charge in [-0.2, -0.15) is 19.9 Å². The molecular weight excluding hydrogens is 369 g/mol. The summed E-state index contributed by atoms with van der Waals surface area (Å²) in [5.41, 5.74) is 0. The standard InChI is InChI=1S/C6H7Cl2N3.C3Cl3N3/c1-2-3-4-9-5(7)11-6(8)10-4;4-1-7-2(5)9-3(6)8-1/h2-3H2,1H3;. The lowest BCUT2D eigenvalue weighted by atomic mass is 10.3. The quantitative estimate of drug-likeness (QED) is 0.789. The van der Waals surface area contributed by atoms with Gasteiger partial charge in [-0.25, -0.2) is 9.97 Å². The lowest BCUT2D eigenvalue weighted by molar-refractivity contribution is 0.816. The van der Waals surface area contributed by atoms with Gasteiger partial charge in [0.25, 0.3) is 0 Å². The van der Waals surface area contributed by atoms with E-state index in [4.69, 9.17) is 58.0 Å². The van der Waals surface area contributed by atoms with E-state index in [2.05, 4.69) is 29.9 Å². The molecule has 0 fully saturated rings. The Morgan fingerprint density at radius 3 is 1.20 bits per heavy atom. The Labute approximate surface area is 139 Å². The van der Waals surface area contributed by atoms with Gasteiger partial charge in [0.15, 0.2) is 0 Å². The highest BCUT2D eigenvalue weighted by molar-refractivity contribution is 6.33. The number of nitrogens with zero attached hydrogens (tertiary/aromatic N) is 6. The van der Waals surface area contributed by atoms with Crippen LogP contribution in [0.5, 0.6) is 0 Å². The summed E-state index contributed by atoms with van der Waals surface area (Å²) in [6, 6.07) is 0. The molecule has 0 saturated carbocycles. The molecule has 0 atom stereocenters. The SMILES string of the molecule is CCCc1nc(Cl)nc(Cl)n1.Clc1nc(Cl)nc(Cl)n1. The van der Waals surface area contributed by atoms with Crippen LogP contribution >= 0.6 is 58.0 Å². The highest BCUT2D eigenvalue weighted by Gasteiger charge is 2.00. The molecular formula is C9H7Cl5N6. The van der Waals surface area contributed by atoms with Gasteiger partial charge < -0.3 is 0 Å². The average molecular weight is 376 g/mol. The molecule has 0 spiro atoms. The van der Waals surface area contributed by atoms with Crippen LogP contribution in [0, 0.1) is 0 Å². The maximum atomic E-state index is 5.54. The third-order valence-corrected chi connectivity index (χ3v) is 2.50. The monoisotopic (exact) mass is 374 g/mol. The van der Waals surface area contributed by atoms with Crippen molar-refractivity contribution in [2.75, 3.05) is 0 Å². The lowest BCUT2D eigenvalue weighted by Gasteiger charge is -1.96. The third kappa shape index (κ3) is 6.76. The summed E-state index contributed by atoms with van der Waals surface area (Å²) >= 11 is 27.0. The highest BCUT2D eigenvalue weighted by Crippen LogP contribution is 2.09. The second kappa shape index (κ2) is 8.69. The molecule has 0 radical (unpaired) electrons. The van der Waals surface area contributed by atoms with Gasteiger partial charge in [-0.15, -0.1) is 0 Å². The van der Waals surface area contributed by atoms with Crippen LogP contribution in [0.15, 0.2) is 0 Å². The molecule has 0 amide bonds. The number of aromatic nitrogens is 6. The summed E-state index contributed by atoms with van der Waals surface area (Å²) in [5, 5.41) is 0.321. The first-order valence-corrected chi connectivity index (χ1v) is 7.08. The molecule has 0 saturated heterocycles. The molecule has 2 aromatic heterocycles. The molecule has 2 rings (SSSR count). The Balaban J connectivity index is 0.000000204. The van der Waals surface area contributed by atoms with E-state index in [0.29, 0.717) is 5.82 Å². The van der Waals surface area contributed by atoms with Crippen LogP contribution in [-0.2, 0) is 6.42 Å². The number of rotatable bonds is 2. The molecule has 0 aliphatic carbocycles. The zero-order valence-electron chi connectivity index (χ0n) is 9.99. The maximum absolute atomic E-state index is 5.54. The van der Waals surface area contributed by atoms with Gasteiger partial charge in [0.1, 0.15) is 5.82 Å². The smallest absolute Gasteiger partial charge is 0.203 e. The van der Waals surface area contributed by atoms with Crippen LogP contribution in [0.1, 0.15) is 19.2 Å². The van der Waals surface area contributed by atoms with Crippen LogP contribution in [0.25, 0.3) is 0 Å². The lowest BCUT2D eigenvalue weighted by Crippen LogP contribution is -1.97. The van der Waals surface area contributed by atoms with Gasteiger partial charge in [-0.3, -0.25) is 0 Å². The van der Waals surface area contributed by atoms with Crippen molar-refractivity contribution in [1.82, 2.24) is 29.9 Å². The molecule has 2 aromatic rings. The van der Waals surface area contributed by atoms with Gasteiger partial charge in [-0.05, 0) is 64.4 Å². The van der Waals surface area contributed by atoms with Crippen LogP contribution in [-0.4, -0.2) is 29.9 Å². The van der Waals surface area contributed by atoms with Crippen molar-refractivity contribution in [3.05, 3.63) is 32.2 Å². The molecule has 0 aliphatic heterocycles. The van der Waals surface area contributed by atoms with E-state index in [1.807, 2.05) is 6.92 Å². The van der Waals surface area contributed by atoms with Crippen molar-refractivity contribution in [2.24, 2.45) is 0 Å². The minimum atomic E-state index is 0.000000000000000444. The fourth-order valence-electron chi connectivity index (χ4n) is 1.00. The van der Waals surface area contributed by atoms with Crippen LogP contribution in [0.4, 0.5) is 0 Å². The van der Waals surface area contributed by atoms with Crippen molar-refractivity contribution in [2.45, 2.75) is 19.8 Å². The number of halogens is 5. The number of hydrogen-bond acceptors (Lipinski definition) is 6. The topological polar surface area (TPSA) is 77.3 Å². The van der Waals surface area contributed by atoms with Crippen molar-refractivity contribution < 1.29 is 0 Å². The normalized spacial score (nSPS) is 9.90.